The number of sulfone groups is 1. The number of halogens is 1. The molecule has 7 heteroatoms. The van der Waals surface area contributed by atoms with E-state index in [2.05, 4.69) is 0 Å². The molecule has 0 N–H and O–H groups in total. The van der Waals surface area contributed by atoms with E-state index in [4.69, 9.17) is 4.74 Å². The minimum atomic E-state index is -3.16. The molecule has 0 unspecified atom stereocenters. The molecule has 0 aliphatic rings. The van der Waals surface area contributed by atoms with Gasteiger partial charge in [-0.2, -0.15) is 0 Å². The SMILES string of the molecule is CN(CCOc1ccc(F)cc1)C(=O)c1cccc(CS(C)(=O)=O)c1. The van der Waals surface area contributed by atoms with Gasteiger partial charge in [0.25, 0.3) is 5.91 Å². The number of nitrogens with zero attached hydrogens (tertiary/aromatic N) is 1. The highest BCUT2D eigenvalue weighted by Gasteiger charge is 2.13. The first-order valence-corrected chi connectivity index (χ1v) is 9.71. The number of carbonyl (C=O) groups excluding carboxylic acids is 1. The predicted molar refractivity (Wildman–Crippen MR) is 93.8 cm³/mol. The van der Waals surface area contributed by atoms with Gasteiger partial charge in [-0.15, -0.1) is 0 Å². The second kappa shape index (κ2) is 8.11. The molecule has 2 rings (SSSR count). The summed E-state index contributed by atoms with van der Waals surface area (Å²) in [5.41, 5.74) is 0.995. The quantitative estimate of drug-likeness (QED) is 0.756. The third-order valence-electron chi connectivity index (χ3n) is 3.46. The number of hydrogen-bond donors (Lipinski definition) is 0. The lowest BCUT2D eigenvalue weighted by atomic mass is 10.1. The third-order valence-corrected chi connectivity index (χ3v) is 4.32. The average Bonchev–Trinajstić information content (AvgIpc) is 2.54. The van der Waals surface area contributed by atoms with E-state index in [1.807, 2.05) is 0 Å². The first kappa shape index (κ1) is 18.9. The Morgan fingerprint density at radius 1 is 1.16 bits per heavy atom. The highest BCUT2D eigenvalue weighted by molar-refractivity contribution is 7.89. The zero-order valence-corrected chi connectivity index (χ0v) is 14.9. The highest BCUT2D eigenvalue weighted by atomic mass is 32.2. The molecule has 0 aliphatic carbocycles. The van der Waals surface area contributed by atoms with Crippen molar-refractivity contribution in [2.45, 2.75) is 5.75 Å². The average molecular weight is 365 g/mol. The molecule has 0 atom stereocenters. The van der Waals surface area contributed by atoms with Crippen molar-refractivity contribution in [1.82, 2.24) is 4.90 Å². The van der Waals surface area contributed by atoms with Gasteiger partial charge in [0.1, 0.15) is 18.2 Å². The number of rotatable bonds is 7. The van der Waals surface area contributed by atoms with E-state index in [1.165, 1.54) is 29.2 Å². The lowest BCUT2D eigenvalue weighted by Gasteiger charge is -2.18. The van der Waals surface area contributed by atoms with Crippen molar-refractivity contribution in [2.75, 3.05) is 26.5 Å². The number of likely N-dealkylation sites (N-methyl/N-ethyl adjacent to an activating group) is 1. The van der Waals surface area contributed by atoms with Gasteiger partial charge in [-0.3, -0.25) is 4.79 Å². The van der Waals surface area contributed by atoms with E-state index in [0.29, 0.717) is 23.4 Å². The maximum atomic E-state index is 12.8. The van der Waals surface area contributed by atoms with Crippen molar-refractivity contribution in [3.05, 3.63) is 65.5 Å². The van der Waals surface area contributed by atoms with E-state index in [9.17, 15) is 17.6 Å². The number of hydrogen-bond acceptors (Lipinski definition) is 4. The van der Waals surface area contributed by atoms with E-state index < -0.39 is 9.84 Å². The molecule has 0 aliphatic heterocycles. The second-order valence-electron chi connectivity index (χ2n) is 5.80. The van der Waals surface area contributed by atoms with Crippen molar-refractivity contribution in [3.8, 4) is 5.75 Å². The lowest BCUT2D eigenvalue weighted by Crippen LogP contribution is -2.31. The van der Waals surface area contributed by atoms with Crippen LogP contribution in [0.4, 0.5) is 4.39 Å². The summed E-state index contributed by atoms with van der Waals surface area (Å²) >= 11 is 0. The zero-order chi connectivity index (χ0) is 18.4. The molecule has 0 fully saturated rings. The summed E-state index contributed by atoms with van der Waals surface area (Å²) < 4.78 is 41.0. The van der Waals surface area contributed by atoms with Crippen molar-refractivity contribution >= 4 is 15.7 Å². The van der Waals surface area contributed by atoms with Crippen LogP contribution in [0.25, 0.3) is 0 Å². The normalized spacial score (nSPS) is 11.2. The van der Waals surface area contributed by atoms with Crippen LogP contribution >= 0.6 is 0 Å². The Balaban J connectivity index is 1.93. The summed E-state index contributed by atoms with van der Waals surface area (Å²) in [6.07, 6.45) is 1.15. The van der Waals surface area contributed by atoms with Gasteiger partial charge in [-0.25, -0.2) is 12.8 Å². The van der Waals surface area contributed by atoms with Gasteiger partial charge in [0.15, 0.2) is 9.84 Å². The Bertz CT molecular complexity index is 834. The molecule has 2 aromatic carbocycles. The number of carbonyl (C=O) groups is 1. The fourth-order valence-electron chi connectivity index (χ4n) is 2.25. The van der Waals surface area contributed by atoms with Crippen molar-refractivity contribution in [3.63, 3.8) is 0 Å². The van der Waals surface area contributed by atoms with Crippen LogP contribution in [-0.2, 0) is 15.6 Å². The Kier molecular flexibility index (Phi) is 6.14. The van der Waals surface area contributed by atoms with Gasteiger partial charge >= 0.3 is 0 Å². The molecule has 1 amide bonds. The van der Waals surface area contributed by atoms with Crippen LogP contribution in [0.5, 0.6) is 5.75 Å². The molecule has 0 heterocycles. The van der Waals surface area contributed by atoms with E-state index >= 15 is 0 Å². The number of benzene rings is 2. The molecule has 2 aromatic rings. The van der Waals surface area contributed by atoms with E-state index in [-0.39, 0.29) is 24.1 Å². The molecule has 0 aromatic heterocycles. The number of ether oxygens (including phenoxy) is 1. The minimum Gasteiger partial charge on any atom is -0.492 e. The van der Waals surface area contributed by atoms with Gasteiger partial charge < -0.3 is 9.64 Å². The topological polar surface area (TPSA) is 63.7 Å². The minimum absolute atomic E-state index is 0.106. The van der Waals surface area contributed by atoms with Crippen LogP contribution in [0.1, 0.15) is 15.9 Å². The second-order valence-corrected chi connectivity index (χ2v) is 7.94. The van der Waals surface area contributed by atoms with Gasteiger partial charge in [0, 0.05) is 18.9 Å². The molecule has 0 saturated heterocycles. The lowest BCUT2D eigenvalue weighted by molar-refractivity contribution is 0.0773. The summed E-state index contributed by atoms with van der Waals surface area (Å²) in [6, 6.07) is 12.2. The summed E-state index contributed by atoms with van der Waals surface area (Å²) in [7, 11) is -1.52. The molecule has 0 bridgehead atoms. The summed E-state index contributed by atoms with van der Waals surface area (Å²) in [5, 5.41) is 0. The van der Waals surface area contributed by atoms with Gasteiger partial charge in [0.05, 0.1) is 12.3 Å². The third kappa shape index (κ3) is 6.19. The Hall–Kier alpha value is -2.41. The predicted octanol–water partition coefficient (Wildman–Crippen LogP) is 2.52. The Morgan fingerprint density at radius 2 is 1.84 bits per heavy atom. The first-order valence-electron chi connectivity index (χ1n) is 7.65. The summed E-state index contributed by atoms with van der Waals surface area (Å²) in [5.74, 6) is -0.144. The smallest absolute Gasteiger partial charge is 0.253 e. The van der Waals surface area contributed by atoms with E-state index in [1.54, 1.807) is 31.3 Å². The van der Waals surface area contributed by atoms with Crippen molar-refractivity contribution < 1.29 is 22.3 Å². The van der Waals surface area contributed by atoms with E-state index in [0.717, 1.165) is 6.26 Å². The number of amides is 1. The molecule has 0 saturated carbocycles. The molecular weight excluding hydrogens is 345 g/mol. The van der Waals surface area contributed by atoms with Crippen LogP contribution in [0.2, 0.25) is 0 Å². The first-order chi connectivity index (χ1) is 11.7. The van der Waals surface area contributed by atoms with Crippen LogP contribution in [-0.4, -0.2) is 45.7 Å². The fraction of sp³-hybridized carbons (Fsp3) is 0.278. The monoisotopic (exact) mass is 365 g/mol. The molecule has 25 heavy (non-hydrogen) atoms. The maximum Gasteiger partial charge on any atom is 0.253 e. The Morgan fingerprint density at radius 3 is 2.48 bits per heavy atom. The largest absolute Gasteiger partial charge is 0.492 e. The van der Waals surface area contributed by atoms with Crippen molar-refractivity contribution in [1.29, 1.82) is 0 Å². The van der Waals surface area contributed by atoms with Gasteiger partial charge in [-0.1, -0.05) is 12.1 Å². The van der Waals surface area contributed by atoms with Crippen LogP contribution in [0.15, 0.2) is 48.5 Å². The highest BCUT2D eigenvalue weighted by Crippen LogP contribution is 2.12. The van der Waals surface area contributed by atoms with Crippen LogP contribution in [0, 0.1) is 5.82 Å². The standard InChI is InChI=1S/C18H20FNO4S/c1-20(10-11-24-17-8-6-16(19)7-9-17)18(21)15-5-3-4-14(12-15)13-25(2,22)23/h3-9,12H,10-11,13H2,1-2H3. The molecule has 0 radical (unpaired) electrons. The Labute approximate surface area is 147 Å². The summed E-state index contributed by atoms with van der Waals surface area (Å²) in [6.45, 7) is 0.601. The van der Waals surface area contributed by atoms with Crippen LogP contribution in [0.3, 0.4) is 0 Å². The van der Waals surface area contributed by atoms with Gasteiger partial charge in [-0.05, 0) is 42.0 Å². The molecule has 0 spiro atoms. The molecule has 134 valence electrons. The maximum absolute atomic E-state index is 12.8. The molecular formula is C18H20FNO4S. The van der Waals surface area contributed by atoms with Crippen molar-refractivity contribution in [2.24, 2.45) is 0 Å². The fourth-order valence-corrected chi connectivity index (χ4v) is 3.04. The van der Waals surface area contributed by atoms with Crippen LogP contribution < -0.4 is 4.74 Å². The molecule has 5 nitrogen and oxygen atoms in total. The summed E-state index contributed by atoms with van der Waals surface area (Å²) in [4.78, 5) is 13.9. The van der Waals surface area contributed by atoms with Gasteiger partial charge in [0.2, 0.25) is 0 Å². The zero-order valence-electron chi connectivity index (χ0n) is 14.1.